The first-order chi connectivity index (χ1) is 13.8. The highest BCUT2D eigenvalue weighted by Gasteiger charge is 2.31. The number of carbonyl (C=O) groups is 1. The molecule has 1 aromatic heterocycles. The third kappa shape index (κ3) is 6.05. The SMILES string of the molecule is N#Cc1ccc(N2CCN(CC(=O)Nc3ccc(OC(F)(F)F)cc3)CC2)nn1. The van der Waals surface area contributed by atoms with E-state index in [2.05, 4.69) is 20.3 Å². The summed E-state index contributed by atoms with van der Waals surface area (Å²) in [5.74, 6) is 0.0629. The van der Waals surface area contributed by atoms with Crippen LogP contribution in [0.3, 0.4) is 0 Å². The van der Waals surface area contributed by atoms with Gasteiger partial charge in [-0.2, -0.15) is 5.26 Å². The second-order valence-electron chi connectivity index (χ2n) is 6.27. The molecule has 1 aliphatic heterocycles. The van der Waals surface area contributed by atoms with Crippen LogP contribution in [0.2, 0.25) is 0 Å². The first kappa shape index (κ1) is 20.3. The first-order valence-electron chi connectivity index (χ1n) is 8.69. The Kier molecular flexibility index (Phi) is 6.13. The van der Waals surface area contributed by atoms with Crippen LogP contribution in [0.25, 0.3) is 0 Å². The Morgan fingerprint density at radius 2 is 1.79 bits per heavy atom. The minimum atomic E-state index is -4.75. The molecule has 0 atom stereocenters. The molecule has 1 N–H and O–H groups in total. The van der Waals surface area contributed by atoms with E-state index in [1.54, 1.807) is 12.1 Å². The number of carbonyl (C=O) groups excluding carboxylic acids is 1. The fourth-order valence-electron chi connectivity index (χ4n) is 2.83. The van der Waals surface area contributed by atoms with Gasteiger partial charge in [0.15, 0.2) is 11.5 Å². The predicted octanol–water partition coefficient (Wildman–Crippen LogP) is 2.01. The molecule has 1 amide bonds. The molecule has 29 heavy (non-hydrogen) atoms. The van der Waals surface area contributed by atoms with Crippen LogP contribution < -0.4 is 15.0 Å². The highest BCUT2D eigenvalue weighted by Crippen LogP contribution is 2.24. The summed E-state index contributed by atoms with van der Waals surface area (Å²) in [4.78, 5) is 16.2. The second kappa shape index (κ2) is 8.74. The third-order valence-corrected chi connectivity index (χ3v) is 4.20. The van der Waals surface area contributed by atoms with Gasteiger partial charge in [-0.15, -0.1) is 23.4 Å². The molecule has 0 saturated carbocycles. The maximum Gasteiger partial charge on any atom is 0.573 e. The molecule has 152 valence electrons. The number of halogens is 3. The summed E-state index contributed by atoms with van der Waals surface area (Å²) in [6, 6.07) is 10.2. The van der Waals surface area contributed by atoms with E-state index in [1.807, 2.05) is 15.9 Å². The zero-order valence-electron chi connectivity index (χ0n) is 15.2. The number of hydrogen-bond donors (Lipinski definition) is 1. The van der Waals surface area contributed by atoms with E-state index in [9.17, 15) is 18.0 Å². The number of benzene rings is 1. The van der Waals surface area contributed by atoms with Crippen molar-refractivity contribution in [2.24, 2.45) is 0 Å². The van der Waals surface area contributed by atoms with Crippen molar-refractivity contribution >= 4 is 17.4 Å². The van der Waals surface area contributed by atoms with Gasteiger partial charge in [-0.25, -0.2) is 0 Å². The molecule has 0 aliphatic carbocycles. The summed E-state index contributed by atoms with van der Waals surface area (Å²) in [6.07, 6.45) is -4.75. The molecule has 2 aromatic rings. The van der Waals surface area contributed by atoms with E-state index in [1.165, 1.54) is 12.1 Å². The summed E-state index contributed by atoms with van der Waals surface area (Å²) < 4.78 is 40.3. The number of piperazine rings is 1. The minimum Gasteiger partial charge on any atom is -0.406 e. The third-order valence-electron chi connectivity index (χ3n) is 4.20. The lowest BCUT2D eigenvalue weighted by atomic mass is 10.2. The number of alkyl halides is 3. The zero-order chi connectivity index (χ0) is 20.9. The van der Waals surface area contributed by atoms with Gasteiger partial charge in [0.05, 0.1) is 6.54 Å². The average molecular weight is 406 g/mol. The van der Waals surface area contributed by atoms with Gasteiger partial charge in [0, 0.05) is 31.9 Å². The van der Waals surface area contributed by atoms with Gasteiger partial charge in [0.25, 0.3) is 0 Å². The molecule has 1 fully saturated rings. The fraction of sp³-hybridized carbons (Fsp3) is 0.333. The highest BCUT2D eigenvalue weighted by atomic mass is 19.4. The summed E-state index contributed by atoms with van der Waals surface area (Å²) in [6.45, 7) is 2.73. The predicted molar refractivity (Wildman–Crippen MR) is 97.2 cm³/mol. The van der Waals surface area contributed by atoms with Crippen molar-refractivity contribution in [3.8, 4) is 11.8 Å². The Labute approximate surface area is 164 Å². The lowest BCUT2D eigenvalue weighted by molar-refractivity contribution is -0.274. The molecule has 1 aliphatic rings. The van der Waals surface area contributed by atoms with E-state index in [4.69, 9.17) is 5.26 Å². The lowest BCUT2D eigenvalue weighted by Crippen LogP contribution is -2.49. The number of hydrogen-bond acceptors (Lipinski definition) is 7. The number of nitrogens with zero attached hydrogens (tertiary/aromatic N) is 5. The summed E-state index contributed by atoms with van der Waals surface area (Å²) >= 11 is 0. The molecule has 1 aromatic carbocycles. The topological polar surface area (TPSA) is 94.4 Å². The summed E-state index contributed by atoms with van der Waals surface area (Å²) in [7, 11) is 0. The average Bonchev–Trinajstić information content (AvgIpc) is 2.69. The van der Waals surface area contributed by atoms with Crippen molar-refractivity contribution in [1.29, 1.82) is 5.26 Å². The van der Waals surface area contributed by atoms with Crippen molar-refractivity contribution in [2.45, 2.75) is 6.36 Å². The van der Waals surface area contributed by atoms with Crippen molar-refractivity contribution < 1.29 is 22.7 Å². The van der Waals surface area contributed by atoms with E-state index in [0.29, 0.717) is 37.7 Å². The molecular formula is C18H17F3N6O2. The van der Waals surface area contributed by atoms with E-state index in [-0.39, 0.29) is 23.9 Å². The number of aromatic nitrogens is 2. The van der Waals surface area contributed by atoms with Gasteiger partial charge in [-0.05, 0) is 36.4 Å². The van der Waals surface area contributed by atoms with Crippen LogP contribution >= 0.6 is 0 Å². The van der Waals surface area contributed by atoms with Crippen molar-refractivity contribution in [1.82, 2.24) is 15.1 Å². The molecule has 3 rings (SSSR count). The lowest BCUT2D eigenvalue weighted by Gasteiger charge is -2.34. The van der Waals surface area contributed by atoms with Crippen molar-refractivity contribution in [3.63, 3.8) is 0 Å². The van der Waals surface area contributed by atoms with Crippen LogP contribution in [0.5, 0.6) is 5.75 Å². The van der Waals surface area contributed by atoms with Crippen LogP contribution in [-0.4, -0.2) is 60.1 Å². The van der Waals surface area contributed by atoms with Crippen LogP contribution in [0.15, 0.2) is 36.4 Å². The maximum atomic E-state index is 12.2. The number of amides is 1. The van der Waals surface area contributed by atoms with Crippen molar-refractivity contribution in [3.05, 3.63) is 42.1 Å². The summed E-state index contributed by atoms with van der Waals surface area (Å²) in [5.41, 5.74) is 0.637. The fourth-order valence-corrected chi connectivity index (χ4v) is 2.83. The molecular weight excluding hydrogens is 389 g/mol. The van der Waals surface area contributed by atoms with Gasteiger partial charge in [-0.3, -0.25) is 9.69 Å². The Bertz CT molecular complexity index is 872. The standard InChI is InChI=1S/C18H17F3N6O2/c19-18(20,21)29-15-4-1-13(2-5-15)23-17(28)12-26-7-9-27(10-8-26)16-6-3-14(11-22)24-25-16/h1-6H,7-10,12H2,(H,23,28). The Morgan fingerprint density at radius 3 is 2.34 bits per heavy atom. The Morgan fingerprint density at radius 1 is 1.10 bits per heavy atom. The minimum absolute atomic E-state index is 0.160. The van der Waals surface area contributed by atoms with Crippen molar-refractivity contribution in [2.75, 3.05) is 42.9 Å². The zero-order valence-corrected chi connectivity index (χ0v) is 15.2. The van der Waals surface area contributed by atoms with Gasteiger partial charge in [-0.1, -0.05) is 0 Å². The van der Waals surface area contributed by atoms with Gasteiger partial charge in [0.1, 0.15) is 11.8 Å². The van der Waals surface area contributed by atoms with Crippen LogP contribution in [-0.2, 0) is 4.79 Å². The van der Waals surface area contributed by atoms with Crippen LogP contribution in [0.4, 0.5) is 24.7 Å². The molecule has 1 saturated heterocycles. The number of rotatable bonds is 5. The first-order valence-corrected chi connectivity index (χ1v) is 8.69. The number of ether oxygens (including phenoxy) is 1. The van der Waals surface area contributed by atoms with Crippen LogP contribution in [0, 0.1) is 11.3 Å². The number of anilines is 2. The summed E-state index contributed by atoms with van der Waals surface area (Å²) in [5, 5.41) is 19.2. The van der Waals surface area contributed by atoms with E-state index in [0.717, 1.165) is 12.1 Å². The Balaban J connectivity index is 1.45. The molecule has 0 radical (unpaired) electrons. The molecule has 0 bridgehead atoms. The molecule has 0 spiro atoms. The monoisotopic (exact) mass is 406 g/mol. The number of nitriles is 1. The highest BCUT2D eigenvalue weighted by molar-refractivity contribution is 5.92. The van der Waals surface area contributed by atoms with Gasteiger partial charge < -0.3 is 15.0 Å². The number of nitrogens with one attached hydrogen (secondary N) is 1. The van der Waals surface area contributed by atoms with Gasteiger partial charge >= 0.3 is 6.36 Å². The normalized spacial score (nSPS) is 14.9. The van der Waals surface area contributed by atoms with E-state index >= 15 is 0 Å². The van der Waals surface area contributed by atoms with Gasteiger partial charge in [0.2, 0.25) is 5.91 Å². The van der Waals surface area contributed by atoms with Crippen LogP contribution in [0.1, 0.15) is 5.69 Å². The second-order valence-corrected chi connectivity index (χ2v) is 6.27. The van der Waals surface area contributed by atoms with E-state index < -0.39 is 6.36 Å². The molecule has 2 heterocycles. The smallest absolute Gasteiger partial charge is 0.406 e. The molecule has 0 unspecified atom stereocenters. The largest absolute Gasteiger partial charge is 0.573 e. The molecule has 11 heteroatoms. The Hall–Kier alpha value is -3.39. The molecule has 8 nitrogen and oxygen atoms in total. The maximum absolute atomic E-state index is 12.2. The quantitative estimate of drug-likeness (QED) is 0.812.